The largest absolute Gasteiger partial charge is 0.371 e. The minimum Gasteiger partial charge on any atom is -0.371 e. The third-order valence-electron chi connectivity index (χ3n) is 3.23. The van der Waals surface area contributed by atoms with E-state index in [1.54, 1.807) is 0 Å². The lowest BCUT2D eigenvalue weighted by Gasteiger charge is -2.17. The summed E-state index contributed by atoms with van der Waals surface area (Å²) in [5.41, 5.74) is 1.14. The lowest BCUT2D eigenvalue weighted by molar-refractivity contribution is 0.0534. The Kier molecular flexibility index (Phi) is 5.16. The maximum absolute atomic E-state index is 5.74. The Labute approximate surface area is 123 Å². The first-order valence-corrected chi connectivity index (χ1v) is 7.93. The second-order valence-corrected chi connectivity index (χ2v) is 5.58. The summed E-state index contributed by atoms with van der Waals surface area (Å²) >= 11 is 3.64. The van der Waals surface area contributed by atoms with Gasteiger partial charge in [-0.3, -0.25) is 0 Å². The zero-order chi connectivity index (χ0) is 13.8. The molecule has 0 aliphatic heterocycles. The Bertz CT molecular complexity index is 435. The standard InChI is InChI=1S/C14H22BrN3O/c1-4-10(19-6-3)13-17-12(9-7-8-9)11(15)14(18-13)16-5-2/h9-10H,4-8H2,1-3H3,(H,16,17,18). The first-order chi connectivity index (χ1) is 9.21. The molecule has 106 valence electrons. The number of nitrogens with zero attached hydrogens (tertiary/aromatic N) is 2. The van der Waals surface area contributed by atoms with Gasteiger partial charge in [0, 0.05) is 19.1 Å². The van der Waals surface area contributed by atoms with E-state index in [2.05, 4.69) is 40.1 Å². The number of hydrogen-bond donors (Lipinski definition) is 1. The van der Waals surface area contributed by atoms with Gasteiger partial charge < -0.3 is 10.1 Å². The number of anilines is 1. The minimum absolute atomic E-state index is 0.00648. The molecule has 0 radical (unpaired) electrons. The molecule has 0 aromatic carbocycles. The van der Waals surface area contributed by atoms with Crippen LogP contribution in [0.3, 0.4) is 0 Å². The lowest BCUT2D eigenvalue weighted by atomic mass is 10.2. The molecule has 0 spiro atoms. The molecule has 1 saturated carbocycles. The molecule has 1 atom stereocenters. The fourth-order valence-corrected chi connectivity index (χ4v) is 2.76. The molecule has 4 nitrogen and oxygen atoms in total. The zero-order valence-electron chi connectivity index (χ0n) is 11.9. The van der Waals surface area contributed by atoms with Crippen LogP contribution < -0.4 is 5.32 Å². The van der Waals surface area contributed by atoms with Crippen molar-refractivity contribution in [3.8, 4) is 0 Å². The van der Waals surface area contributed by atoms with Crippen LogP contribution in [-0.4, -0.2) is 23.1 Å². The van der Waals surface area contributed by atoms with Crippen LogP contribution in [0.4, 0.5) is 5.82 Å². The summed E-state index contributed by atoms with van der Waals surface area (Å²) in [6.45, 7) is 7.73. The van der Waals surface area contributed by atoms with Gasteiger partial charge in [-0.15, -0.1) is 0 Å². The van der Waals surface area contributed by atoms with E-state index in [0.717, 1.165) is 34.8 Å². The van der Waals surface area contributed by atoms with E-state index < -0.39 is 0 Å². The van der Waals surface area contributed by atoms with Crippen molar-refractivity contribution in [1.82, 2.24) is 9.97 Å². The summed E-state index contributed by atoms with van der Waals surface area (Å²) in [6.07, 6.45) is 3.34. The lowest BCUT2D eigenvalue weighted by Crippen LogP contribution is -2.13. The van der Waals surface area contributed by atoms with E-state index >= 15 is 0 Å². The first kappa shape index (κ1) is 14.7. The van der Waals surface area contributed by atoms with Gasteiger partial charge in [0.25, 0.3) is 0 Å². The maximum Gasteiger partial charge on any atom is 0.159 e. The van der Waals surface area contributed by atoms with Crippen LogP contribution in [0.25, 0.3) is 0 Å². The molecular formula is C14H22BrN3O. The topological polar surface area (TPSA) is 47.0 Å². The summed E-state index contributed by atoms with van der Waals surface area (Å²) in [5.74, 6) is 2.30. The zero-order valence-corrected chi connectivity index (χ0v) is 13.5. The average molecular weight is 328 g/mol. The predicted molar refractivity (Wildman–Crippen MR) is 80.5 cm³/mol. The van der Waals surface area contributed by atoms with Crippen molar-refractivity contribution in [2.75, 3.05) is 18.5 Å². The van der Waals surface area contributed by atoms with Crippen molar-refractivity contribution in [3.63, 3.8) is 0 Å². The fraction of sp³-hybridized carbons (Fsp3) is 0.714. The summed E-state index contributed by atoms with van der Waals surface area (Å²) in [6, 6.07) is 0. The monoisotopic (exact) mass is 327 g/mol. The van der Waals surface area contributed by atoms with Gasteiger partial charge in [-0.05, 0) is 49.0 Å². The number of hydrogen-bond acceptors (Lipinski definition) is 4. The molecule has 5 heteroatoms. The van der Waals surface area contributed by atoms with Gasteiger partial charge in [-0.2, -0.15) is 0 Å². The van der Waals surface area contributed by atoms with Gasteiger partial charge in [-0.1, -0.05) is 6.92 Å². The number of nitrogens with one attached hydrogen (secondary N) is 1. The van der Waals surface area contributed by atoms with Crippen LogP contribution in [0.2, 0.25) is 0 Å². The van der Waals surface area contributed by atoms with E-state index in [0.29, 0.717) is 12.5 Å². The highest BCUT2D eigenvalue weighted by Crippen LogP contribution is 2.44. The van der Waals surface area contributed by atoms with Crippen LogP contribution >= 0.6 is 15.9 Å². The van der Waals surface area contributed by atoms with Gasteiger partial charge in [0.1, 0.15) is 11.9 Å². The summed E-state index contributed by atoms with van der Waals surface area (Å²) in [7, 11) is 0. The normalized spacial score (nSPS) is 16.4. The molecule has 1 fully saturated rings. The van der Waals surface area contributed by atoms with Crippen molar-refractivity contribution < 1.29 is 4.74 Å². The summed E-state index contributed by atoms with van der Waals surface area (Å²) in [4.78, 5) is 9.37. The average Bonchev–Trinajstić information content (AvgIpc) is 3.23. The molecule has 1 aromatic heterocycles. The highest BCUT2D eigenvalue weighted by atomic mass is 79.9. The number of aromatic nitrogens is 2. The summed E-state index contributed by atoms with van der Waals surface area (Å²) < 4.78 is 6.76. The highest BCUT2D eigenvalue weighted by molar-refractivity contribution is 9.10. The van der Waals surface area contributed by atoms with Gasteiger partial charge in [0.2, 0.25) is 0 Å². The van der Waals surface area contributed by atoms with E-state index in [1.807, 2.05) is 6.92 Å². The third-order valence-corrected chi connectivity index (χ3v) is 4.01. The Hall–Kier alpha value is -0.680. The molecular weight excluding hydrogens is 306 g/mol. The number of rotatable bonds is 7. The molecule has 0 bridgehead atoms. The van der Waals surface area contributed by atoms with Crippen LogP contribution in [0.1, 0.15) is 63.6 Å². The molecule has 2 rings (SSSR count). The summed E-state index contributed by atoms with van der Waals surface area (Å²) in [5, 5.41) is 3.31. The fourth-order valence-electron chi connectivity index (χ4n) is 2.11. The Morgan fingerprint density at radius 2 is 2.05 bits per heavy atom. The second-order valence-electron chi connectivity index (χ2n) is 4.79. The Morgan fingerprint density at radius 3 is 2.58 bits per heavy atom. The van der Waals surface area contributed by atoms with Crippen LogP contribution in [0, 0.1) is 0 Å². The molecule has 1 heterocycles. The van der Waals surface area contributed by atoms with E-state index in [-0.39, 0.29) is 6.10 Å². The second kappa shape index (κ2) is 6.66. The molecule has 19 heavy (non-hydrogen) atoms. The van der Waals surface area contributed by atoms with Gasteiger partial charge in [0.05, 0.1) is 10.2 Å². The van der Waals surface area contributed by atoms with E-state index in [4.69, 9.17) is 9.72 Å². The molecule has 1 unspecified atom stereocenters. The smallest absolute Gasteiger partial charge is 0.159 e. The van der Waals surface area contributed by atoms with Crippen LogP contribution in [0.5, 0.6) is 0 Å². The van der Waals surface area contributed by atoms with Gasteiger partial charge in [0.15, 0.2) is 5.82 Å². The molecule has 1 aliphatic carbocycles. The number of halogens is 1. The Balaban J connectivity index is 2.36. The van der Waals surface area contributed by atoms with Gasteiger partial charge >= 0.3 is 0 Å². The van der Waals surface area contributed by atoms with Crippen molar-refractivity contribution in [2.24, 2.45) is 0 Å². The molecule has 0 amide bonds. The predicted octanol–water partition coefficient (Wildman–Crippen LogP) is 4.04. The van der Waals surface area contributed by atoms with Crippen molar-refractivity contribution in [2.45, 2.75) is 52.1 Å². The van der Waals surface area contributed by atoms with Crippen molar-refractivity contribution in [3.05, 3.63) is 16.0 Å². The quantitative estimate of drug-likeness (QED) is 0.821. The third kappa shape index (κ3) is 3.45. The van der Waals surface area contributed by atoms with Crippen LogP contribution in [-0.2, 0) is 4.74 Å². The van der Waals surface area contributed by atoms with E-state index in [9.17, 15) is 0 Å². The molecule has 1 N–H and O–H groups in total. The van der Waals surface area contributed by atoms with Crippen molar-refractivity contribution in [1.29, 1.82) is 0 Å². The minimum atomic E-state index is -0.00648. The molecule has 1 aliphatic rings. The SMILES string of the molecule is CCNc1nc(C(CC)OCC)nc(C2CC2)c1Br. The molecule has 0 saturated heterocycles. The van der Waals surface area contributed by atoms with Crippen LogP contribution in [0.15, 0.2) is 4.47 Å². The van der Waals surface area contributed by atoms with Crippen molar-refractivity contribution >= 4 is 21.7 Å². The Morgan fingerprint density at radius 1 is 1.32 bits per heavy atom. The molecule has 1 aromatic rings. The van der Waals surface area contributed by atoms with E-state index in [1.165, 1.54) is 12.8 Å². The highest BCUT2D eigenvalue weighted by Gasteiger charge is 2.30. The van der Waals surface area contributed by atoms with Gasteiger partial charge in [-0.25, -0.2) is 9.97 Å². The number of ether oxygens (including phenoxy) is 1. The first-order valence-electron chi connectivity index (χ1n) is 7.13. The maximum atomic E-state index is 5.74.